The Morgan fingerprint density at radius 2 is 2.00 bits per heavy atom. The van der Waals surface area contributed by atoms with E-state index < -0.39 is 0 Å². The number of aryl methyl sites for hydroxylation is 3. The van der Waals surface area contributed by atoms with Crippen LogP contribution in [0.2, 0.25) is 0 Å². The van der Waals surface area contributed by atoms with Crippen molar-refractivity contribution < 1.29 is 4.79 Å². The quantitative estimate of drug-likeness (QED) is 0.898. The van der Waals surface area contributed by atoms with Gasteiger partial charge in [-0.25, -0.2) is 0 Å². The van der Waals surface area contributed by atoms with E-state index in [1.807, 2.05) is 24.3 Å². The highest BCUT2D eigenvalue weighted by Gasteiger charge is 2.17. The smallest absolute Gasteiger partial charge is 0.276 e. The van der Waals surface area contributed by atoms with Gasteiger partial charge in [0.25, 0.3) is 5.91 Å². The number of aromatic nitrogens is 2. The Kier molecular flexibility index (Phi) is 4.08. The predicted octanol–water partition coefficient (Wildman–Crippen LogP) is 2.52. The standard InChI is InChI=1S/C15H20N4O/c1-4-5-11-6-8-12(9-7-11)17-15(20)14-13(16)10(2)18-19(14)3/h6-9H,4-5,16H2,1-3H3,(H,17,20). The third-order valence-electron chi connectivity index (χ3n) is 3.23. The fourth-order valence-electron chi connectivity index (χ4n) is 2.18. The maximum atomic E-state index is 12.2. The summed E-state index contributed by atoms with van der Waals surface area (Å²) in [4.78, 5) is 12.2. The number of hydrogen-bond donors (Lipinski definition) is 2. The van der Waals surface area contributed by atoms with E-state index in [4.69, 9.17) is 5.73 Å². The summed E-state index contributed by atoms with van der Waals surface area (Å²) in [5, 5.41) is 6.99. The fourth-order valence-corrected chi connectivity index (χ4v) is 2.18. The molecule has 0 saturated heterocycles. The van der Waals surface area contributed by atoms with E-state index in [0.717, 1.165) is 18.5 Å². The van der Waals surface area contributed by atoms with Gasteiger partial charge >= 0.3 is 0 Å². The van der Waals surface area contributed by atoms with Gasteiger partial charge in [-0.3, -0.25) is 9.48 Å². The number of anilines is 2. The molecular weight excluding hydrogens is 252 g/mol. The van der Waals surface area contributed by atoms with Gasteiger partial charge in [-0.1, -0.05) is 25.5 Å². The summed E-state index contributed by atoms with van der Waals surface area (Å²) in [5.41, 5.74) is 9.38. The lowest BCUT2D eigenvalue weighted by Crippen LogP contribution is -2.17. The third kappa shape index (κ3) is 2.82. The van der Waals surface area contributed by atoms with Crippen LogP contribution in [0.3, 0.4) is 0 Å². The number of nitrogens with one attached hydrogen (secondary N) is 1. The molecule has 0 aliphatic rings. The minimum Gasteiger partial charge on any atom is -0.395 e. The Labute approximate surface area is 118 Å². The highest BCUT2D eigenvalue weighted by atomic mass is 16.2. The average Bonchev–Trinajstić information content (AvgIpc) is 2.66. The number of rotatable bonds is 4. The molecule has 2 aromatic rings. The van der Waals surface area contributed by atoms with Crippen LogP contribution in [0, 0.1) is 6.92 Å². The van der Waals surface area contributed by atoms with Gasteiger partial charge in [0.15, 0.2) is 0 Å². The molecule has 106 valence electrons. The average molecular weight is 272 g/mol. The van der Waals surface area contributed by atoms with Crippen molar-refractivity contribution in [2.45, 2.75) is 26.7 Å². The maximum absolute atomic E-state index is 12.2. The van der Waals surface area contributed by atoms with Gasteiger partial charge in [0.05, 0.1) is 11.4 Å². The van der Waals surface area contributed by atoms with Gasteiger partial charge < -0.3 is 11.1 Å². The lowest BCUT2D eigenvalue weighted by Gasteiger charge is -2.07. The topological polar surface area (TPSA) is 72.9 Å². The van der Waals surface area contributed by atoms with E-state index in [0.29, 0.717) is 17.1 Å². The second-order valence-corrected chi connectivity index (χ2v) is 4.87. The van der Waals surface area contributed by atoms with Gasteiger partial charge in [-0.15, -0.1) is 0 Å². The minimum atomic E-state index is -0.242. The zero-order valence-electron chi connectivity index (χ0n) is 12.1. The lowest BCUT2D eigenvalue weighted by atomic mass is 10.1. The molecule has 0 unspecified atom stereocenters. The molecule has 3 N–H and O–H groups in total. The maximum Gasteiger partial charge on any atom is 0.276 e. The zero-order chi connectivity index (χ0) is 14.7. The normalized spacial score (nSPS) is 10.6. The molecule has 5 nitrogen and oxygen atoms in total. The number of carbonyl (C=O) groups excluding carboxylic acids is 1. The molecule has 0 saturated carbocycles. The molecule has 0 spiro atoms. The van der Waals surface area contributed by atoms with Gasteiger partial charge in [0, 0.05) is 12.7 Å². The van der Waals surface area contributed by atoms with Crippen molar-refractivity contribution >= 4 is 17.3 Å². The third-order valence-corrected chi connectivity index (χ3v) is 3.23. The van der Waals surface area contributed by atoms with E-state index in [1.165, 1.54) is 10.2 Å². The van der Waals surface area contributed by atoms with Crippen LogP contribution in [0.25, 0.3) is 0 Å². The van der Waals surface area contributed by atoms with Gasteiger partial charge in [0.2, 0.25) is 0 Å². The Bertz CT molecular complexity index is 614. The summed E-state index contributed by atoms with van der Waals surface area (Å²) < 4.78 is 1.51. The molecule has 2 rings (SSSR count). The number of hydrogen-bond acceptors (Lipinski definition) is 3. The number of benzene rings is 1. The van der Waals surface area contributed by atoms with Crippen molar-refractivity contribution in [2.24, 2.45) is 7.05 Å². The highest BCUT2D eigenvalue weighted by Crippen LogP contribution is 2.18. The molecule has 0 fully saturated rings. The first-order valence-electron chi connectivity index (χ1n) is 6.72. The van der Waals surface area contributed by atoms with Crippen LogP contribution in [0.5, 0.6) is 0 Å². The number of nitrogens with two attached hydrogens (primary N) is 1. The summed E-state index contributed by atoms with van der Waals surface area (Å²) >= 11 is 0. The van der Waals surface area contributed by atoms with Gasteiger partial charge in [-0.2, -0.15) is 5.10 Å². The summed E-state index contributed by atoms with van der Waals surface area (Å²) in [7, 11) is 1.71. The molecule has 1 aromatic carbocycles. The van der Waals surface area contributed by atoms with Crippen molar-refractivity contribution in [2.75, 3.05) is 11.1 Å². The first kappa shape index (κ1) is 14.1. The molecule has 0 atom stereocenters. The second kappa shape index (κ2) is 5.77. The van der Waals surface area contributed by atoms with Gasteiger partial charge in [0.1, 0.15) is 5.69 Å². The molecule has 0 aliphatic carbocycles. The van der Waals surface area contributed by atoms with Crippen LogP contribution >= 0.6 is 0 Å². The Morgan fingerprint density at radius 3 is 2.50 bits per heavy atom. The fraction of sp³-hybridized carbons (Fsp3) is 0.333. The lowest BCUT2D eigenvalue weighted by molar-refractivity contribution is 0.101. The zero-order valence-corrected chi connectivity index (χ0v) is 12.1. The first-order chi connectivity index (χ1) is 9.52. The molecule has 5 heteroatoms. The van der Waals surface area contributed by atoms with Crippen LogP contribution in [-0.2, 0) is 13.5 Å². The van der Waals surface area contributed by atoms with Crippen LogP contribution in [0.15, 0.2) is 24.3 Å². The summed E-state index contributed by atoms with van der Waals surface area (Å²) in [6.45, 7) is 3.93. The minimum absolute atomic E-state index is 0.242. The Morgan fingerprint density at radius 1 is 1.35 bits per heavy atom. The summed E-state index contributed by atoms with van der Waals surface area (Å²) in [6, 6.07) is 7.86. The van der Waals surface area contributed by atoms with E-state index >= 15 is 0 Å². The number of nitrogens with zero attached hydrogens (tertiary/aromatic N) is 2. The number of nitrogen functional groups attached to an aromatic ring is 1. The number of carbonyl (C=O) groups is 1. The van der Waals surface area contributed by atoms with Crippen molar-refractivity contribution in [1.82, 2.24) is 9.78 Å². The highest BCUT2D eigenvalue weighted by molar-refractivity contribution is 6.06. The molecular formula is C15H20N4O. The molecule has 20 heavy (non-hydrogen) atoms. The van der Waals surface area contributed by atoms with Crippen LogP contribution in [0.1, 0.15) is 35.1 Å². The van der Waals surface area contributed by atoms with E-state index in [2.05, 4.69) is 17.3 Å². The second-order valence-electron chi connectivity index (χ2n) is 4.87. The van der Waals surface area contributed by atoms with Crippen LogP contribution in [0.4, 0.5) is 11.4 Å². The van der Waals surface area contributed by atoms with Crippen LogP contribution < -0.4 is 11.1 Å². The molecule has 1 aromatic heterocycles. The summed E-state index contributed by atoms with van der Waals surface area (Å²) in [5.74, 6) is -0.242. The van der Waals surface area contributed by atoms with Crippen molar-refractivity contribution in [1.29, 1.82) is 0 Å². The summed E-state index contributed by atoms with van der Waals surface area (Å²) in [6.07, 6.45) is 2.15. The van der Waals surface area contributed by atoms with Crippen LogP contribution in [-0.4, -0.2) is 15.7 Å². The van der Waals surface area contributed by atoms with E-state index in [9.17, 15) is 4.79 Å². The Hall–Kier alpha value is -2.30. The molecule has 0 bridgehead atoms. The van der Waals surface area contributed by atoms with Gasteiger partial charge in [-0.05, 0) is 31.0 Å². The van der Waals surface area contributed by atoms with Crippen molar-refractivity contribution in [3.8, 4) is 0 Å². The van der Waals surface area contributed by atoms with Crippen molar-refractivity contribution in [3.05, 3.63) is 41.2 Å². The predicted molar refractivity (Wildman–Crippen MR) is 80.7 cm³/mol. The largest absolute Gasteiger partial charge is 0.395 e. The molecule has 1 amide bonds. The van der Waals surface area contributed by atoms with E-state index in [-0.39, 0.29) is 5.91 Å². The van der Waals surface area contributed by atoms with E-state index in [1.54, 1.807) is 14.0 Å². The monoisotopic (exact) mass is 272 g/mol. The SMILES string of the molecule is CCCc1ccc(NC(=O)c2c(N)c(C)nn2C)cc1. The van der Waals surface area contributed by atoms with Crippen molar-refractivity contribution in [3.63, 3.8) is 0 Å². The molecule has 0 radical (unpaired) electrons. The first-order valence-corrected chi connectivity index (χ1v) is 6.72. The molecule has 0 aliphatic heterocycles. The Balaban J connectivity index is 2.15. The molecule has 1 heterocycles. The number of amides is 1.